The highest BCUT2D eigenvalue weighted by Gasteiger charge is 2.17. The van der Waals surface area contributed by atoms with Crippen LogP contribution in [0.25, 0.3) is 55.0 Å². The first kappa shape index (κ1) is 19.2. The maximum Gasteiger partial charge on any atom is 0.0541 e. The van der Waals surface area contributed by atoms with Gasteiger partial charge in [-0.1, -0.05) is 72.8 Å². The molecule has 2 aromatic heterocycles. The summed E-state index contributed by atoms with van der Waals surface area (Å²) in [6.07, 6.45) is 0. The van der Waals surface area contributed by atoms with Crippen LogP contribution in [0, 0.1) is 13.8 Å². The van der Waals surface area contributed by atoms with Crippen molar-refractivity contribution in [1.29, 1.82) is 0 Å². The molecule has 7 aromatic rings. The van der Waals surface area contributed by atoms with Crippen LogP contribution in [-0.4, -0.2) is 9.13 Å². The van der Waals surface area contributed by atoms with Crippen molar-refractivity contribution in [3.63, 3.8) is 0 Å². The van der Waals surface area contributed by atoms with E-state index in [-0.39, 0.29) is 0 Å². The minimum absolute atomic E-state index is 1.19. The van der Waals surface area contributed by atoms with Crippen molar-refractivity contribution in [2.45, 2.75) is 13.8 Å². The number of aryl methyl sites for hydroxylation is 1. The molecule has 0 aliphatic rings. The fourth-order valence-corrected chi connectivity index (χ4v) is 5.57. The van der Waals surface area contributed by atoms with Gasteiger partial charge in [0.25, 0.3) is 0 Å². The summed E-state index contributed by atoms with van der Waals surface area (Å²) in [5, 5.41) is 5.15. The molecule has 5 aromatic carbocycles. The van der Waals surface area contributed by atoms with E-state index in [9.17, 15) is 0 Å². The van der Waals surface area contributed by atoms with Crippen LogP contribution in [0.5, 0.6) is 0 Å². The molecule has 2 heteroatoms. The smallest absolute Gasteiger partial charge is 0.0541 e. The number of nitrogens with zero attached hydrogens (tertiary/aromatic N) is 2. The molecule has 0 radical (unpaired) electrons. The van der Waals surface area contributed by atoms with Crippen molar-refractivity contribution in [1.82, 2.24) is 9.13 Å². The molecule has 0 saturated heterocycles. The van der Waals surface area contributed by atoms with Gasteiger partial charge in [-0.3, -0.25) is 0 Å². The second kappa shape index (κ2) is 7.10. The Balaban J connectivity index is 1.61. The number of para-hydroxylation sites is 4. The summed E-state index contributed by atoms with van der Waals surface area (Å²) in [6, 6.07) is 39.6. The van der Waals surface area contributed by atoms with Crippen LogP contribution in [0.3, 0.4) is 0 Å². The Bertz CT molecular complexity index is 1770. The lowest BCUT2D eigenvalue weighted by molar-refractivity contribution is 1.10. The largest absolute Gasteiger partial charge is 0.309 e. The van der Waals surface area contributed by atoms with E-state index in [0.717, 1.165) is 0 Å². The van der Waals surface area contributed by atoms with E-state index in [1.165, 1.54) is 66.1 Å². The molecular weight excluding hydrogens is 412 g/mol. The quantitative estimate of drug-likeness (QED) is 0.257. The molecular formula is C32H24N2. The van der Waals surface area contributed by atoms with E-state index in [2.05, 4.69) is 132 Å². The molecule has 0 amide bonds. The molecule has 0 unspecified atom stereocenters. The Morgan fingerprint density at radius 3 is 1.26 bits per heavy atom. The highest BCUT2D eigenvalue weighted by Crippen LogP contribution is 2.37. The summed E-state index contributed by atoms with van der Waals surface area (Å²) in [4.78, 5) is 0. The van der Waals surface area contributed by atoms with Crippen molar-refractivity contribution < 1.29 is 0 Å². The molecule has 0 atom stereocenters. The van der Waals surface area contributed by atoms with Gasteiger partial charge in [0.15, 0.2) is 0 Å². The number of rotatable bonds is 2. The Labute approximate surface area is 198 Å². The van der Waals surface area contributed by atoms with Crippen molar-refractivity contribution in [3.8, 4) is 11.4 Å². The Morgan fingerprint density at radius 2 is 0.824 bits per heavy atom. The van der Waals surface area contributed by atoms with Crippen LogP contribution < -0.4 is 0 Å². The van der Waals surface area contributed by atoms with E-state index in [1.807, 2.05) is 0 Å². The first-order valence-corrected chi connectivity index (χ1v) is 11.8. The molecule has 0 aliphatic carbocycles. The molecule has 162 valence electrons. The van der Waals surface area contributed by atoms with Gasteiger partial charge in [-0.2, -0.15) is 0 Å². The summed E-state index contributed by atoms with van der Waals surface area (Å²) in [5.74, 6) is 0. The maximum atomic E-state index is 2.43. The van der Waals surface area contributed by atoms with Crippen molar-refractivity contribution in [3.05, 3.63) is 120 Å². The summed E-state index contributed by atoms with van der Waals surface area (Å²) in [7, 11) is 0. The van der Waals surface area contributed by atoms with E-state index < -0.39 is 0 Å². The number of hydrogen-bond donors (Lipinski definition) is 0. The van der Waals surface area contributed by atoms with Gasteiger partial charge in [0.2, 0.25) is 0 Å². The van der Waals surface area contributed by atoms with Gasteiger partial charge in [0.05, 0.1) is 27.8 Å². The summed E-state index contributed by atoms with van der Waals surface area (Å²) in [5.41, 5.74) is 9.97. The van der Waals surface area contributed by atoms with E-state index >= 15 is 0 Å². The summed E-state index contributed by atoms with van der Waals surface area (Å²) < 4.78 is 4.85. The maximum absolute atomic E-state index is 2.43. The van der Waals surface area contributed by atoms with Crippen molar-refractivity contribution in [2.75, 3.05) is 0 Å². The minimum atomic E-state index is 1.19. The monoisotopic (exact) mass is 436 g/mol. The highest BCUT2D eigenvalue weighted by molar-refractivity contribution is 6.10. The van der Waals surface area contributed by atoms with Gasteiger partial charge >= 0.3 is 0 Å². The second-order valence-corrected chi connectivity index (χ2v) is 9.15. The number of fused-ring (bicyclic) bond motifs is 6. The molecule has 2 nitrogen and oxygen atoms in total. The minimum Gasteiger partial charge on any atom is -0.309 e. The zero-order valence-electron chi connectivity index (χ0n) is 19.3. The average Bonchev–Trinajstić information content (AvgIpc) is 3.39. The fraction of sp³-hybridized carbons (Fsp3) is 0.0625. The van der Waals surface area contributed by atoms with Gasteiger partial charge in [-0.05, 0) is 61.4 Å². The molecule has 0 aliphatic heterocycles. The third kappa shape index (κ3) is 2.57. The third-order valence-corrected chi connectivity index (χ3v) is 7.28. The molecule has 0 N–H and O–H groups in total. The third-order valence-electron chi connectivity index (χ3n) is 7.28. The predicted octanol–water partition coefficient (Wildman–Crippen LogP) is 8.50. The zero-order valence-corrected chi connectivity index (χ0v) is 19.3. The van der Waals surface area contributed by atoms with Gasteiger partial charge in [0.1, 0.15) is 0 Å². The van der Waals surface area contributed by atoms with E-state index in [4.69, 9.17) is 0 Å². The lowest BCUT2D eigenvalue weighted by atomic mass is 10.1. The van der Waals surface area contributed by atoms with Crippen molar-refractivity contribution in [2.24, 2.45) is 0 Å². The summed E-state index contributed by atoms with van der Waals surface area (Å²) in [6.45, 7) is 4.47. The summed E-state index contributed by atoms with van der Waals surface area (Å²) >= 11 is 0. The molecule has 2 heterocycles. The predicted molar refractivity (Wildman–Crippen MR) is 145 cm³/mol. The van der Waals surface area contributed by atoms with Gasteiger partial charge in [-0.25, -0.2) is 0 Å². The van der Waals surface area contributed by atoms with Gasteiger partial charge < -0.3 is 9.13 Å². The van der Waals surface area contributed by atoms with Crippen molar-refractivity contribution >= 4 is 43.6 Å². The second-order valence-electron chi connectivity index (χ2n) is 9.15. The van der Waals surface area contributed by atoms with Crippen LogP contribution in [0.15, 0.2) is 109 Å². The van der Waals surface area contributed by atoms with Crippen LogP contribution in [0.1, 0.15) is 11.1 Å². The van der Waals surface area contributed by atoms with Crippen LogP contribution in [0.2, 0.25) is 0 Å². The van der Waals surface area contributed by atoms with Gasteiger partial charge in [0, 0.05) is 27.2 Å². The number of hydrogen-bond acceptors (Lipinski definition) is 0. The number of aromatic nitrogens is 2. The number of benzene rings is 5. The molecule has 34 heavy (non-hydrogen) atoms. The molecule has 0 fully saturated rings. The zero-order chi connectivity index (χ0) is 22.8. The first-order chi connectivity index (χ1) is 16.7. The topological polar surface area (TPSA) is 9.86 Å². The van der Waals surface area contributed by atoms with Crippen LogP contribution in [-0.2, 0) is 0 Å². The normalized spacial score (nSPS) is 11.8. The Hall–Kier alpha value is -4.30. The van der Waals surface area contributed by atoms with E-state index in [1.54, 1.807) is 0 Å². The highest BCUT2D eigenvalue weighted by atomic mass is 15.0. The molecule has 0 bridgehead atoms. The molecule has 0 spiro atoms. The average molecular weight is 437 g/mol. The lowest BCUT2D eigenvalue weighted by Crippen LogP contribution is -2.03. The first-order valence-electron chi connectivity index (χ1n) is 11.8. The SMILES string of the molecule is Cc1cc(-n2c3ccccc3c3ccccc32)cc(-n2c3ccccc3c3ccccc32)c1C. The van der Waals surface area contributed by atoms with E-state index in [0.29, 0.717) is 0 Å². The Kier molecular flexibility index (Phi) is 4.01. The standard InChI is InChI=1S/C32H24N2/c1-21-19-23(33-28-15-7-3-11-24(28)25-12-4-8-16-29(25)33)20-32(22(21)2)34-30-17-9-5-13-26(30)27-14-6-10-18-31(27)34/h3-20H,1-2H3. The fourth-order valence-electron chi connectivity index (χ4n) is 5.57. The molecule has 7 rings (SSSR count). The molecule has 0 saturated carbocycles. The van der Waals surface area contributed by atoms with Crippen LogP contribution >= 0.6 is 0 Å². The lowest BCUT2D eigenvalue weighted by Gasteiger charge is -2.17. The van der Waals surface area contributed by atoms with Crippen LogP contribution in [0.4, 0.5) is 0 Å². The van der Waals surface area contributed by atoms with Gasteiger partial charge in [-0.15, -0.1) is 0 Å². The Morgan fingerprint density at radius 1 is 0.441 bits per heavy atom.